The summed E-state index contributed by atoms with van der Waals surface area (Å²) in [7, 11) is 0. The number of nitrogens with two attached hydrogens (primary N) is 1. The second-order valence-corrected chi connectivity index (χ2v) is 4.93. The number of rotatable bonds is 8. The first kappa shape index (κ1) is 14.7. The first-order valence-electron chi connectivity index (χ1n) is 6.60. The molecule has 4 N–H and O–H groups in total. The van der Waals surface area contributed by atoms with Crippen LogP contribution in [0.15, 0.2) is 12.5 Å². The molecule has 1 rings (SSSR count). The maximum Gasteiger partial charge on any atom is 0.222 e. The molecule has 0 spiro atoms. The number of hydrogen-bond donors (Lipinski definition) is 3. The number of aromatic amines is 1. The van der Waals surface area contributed by atoms with E-state index in [0.717, 1.165) is 31.4 Å². The van der Waals surface area contributed by atoms with Crippen LogP contribution in [0.25, 0.3) is 0 Å². The molecule has 0 radical (unpaired) electrons. The summed E-state index contributed by atoms with van der Waals surface area (Å²) in [5, 5.41) is 2.94. The molecule has 0 saturated heterocycles. The third-order valence-corrected chi connectivity index (χ3v) is 2.99. The van der Waals surface area contributed by atoms with Crippen molar-refractivity contribution in [1.82, 2.24) is 15.3 Å². The van der Waals surface area contributed by atoms with Gasteiger partial charge in [-0.3, -0.25) is 4.79 Å². The van der Waals surface area contributed by atoms with E-state index in [1.165, 1.54) is 0 Å². The summed E-state index contributed by atoms with van der Waals surface area (Å²) in [6.07, 6.45) is 7.10. The Labute approximate surface area is 109 Å². The van der Waals surface area contributed by atoms with Gasteiger partial charge in [0.2, 0.25) is 5.91 Å². The van der Waals surface area contributed by atoms with Gasteiger partial charge in [0.15, 0.2) is 0 Å². The number of imidazole rings is 1. The molecule has 102 valence electrons. The van der Waals surface area contributed by atoms with Gasteiger partial charge in [-0.25, -0.2) is 4.98 Å². The average molecular weight is 252 g/mol. The van der Waals surface area contributed by atoms with E-state index in [4.69, 9.17) is 5.73 Å². The minimum absolute atomic E-state index is 0.0607. The molecular formula is C13H24N4O. The molecule has 1 heterocycles. The van der Waals surface area contributed by atoms with Crippen molar-refractivity contribution in [3.63, 3.8) is 0 Å². The summed E-state index contributed by atoms with van der Waals surface area (Å²) >= 11 is 0. The van der Waals surface area contributed by atoms with Crippen molar-refractivity contribution in [2.24, 2.45) is 11.7 Å². The highest BCUT2D eigenvalue weighted by molar-refractivity contribution is 5.78. The average Bonchev–Trinajstić information content (AvgIpc) is 2.81. The van der Waals surface area contributed by atoms with Crippen molar-refractivity contribution < 1.29 is 4.79 Å². The second-order valence-electron chi connectivity index (χ2n) is 4.93. The van der Waals surface area contributed by atoms with Gasteiger partial charge in [0.05, 0.1) is 6.33 Å². The molecule has 1 aromatic heterocycles. The highest BCUT2D eigenvalue weighted by atomic mass is 16.1. The van der Waals surface area contributed by atoms with E-state index in [9.17, 15) is 4.79 Å². The molecule has 1 aromatic rings. The Morgan fingerprint density at radius 2 is 2.28 bits per heavy atom. The van der Waals surface area contributed by atoms with Gasteiger partial charge in [-0.05, 0) is 19.8 Å². The number of carbonyl (C=O) groups is 1. The number of amides is 1. The molecule has 0 aliphatic carbocycles. The van der Waals surface area contributed by atoms with Crippen LogP contribution in [0, 0.1) is 5.92 Å². The molecule has 0 aliphatic rings. The highest BCUT2D eigenvalue weighted by Gasteiger charge is 2.12. The summed E-state index contributed by atoms with van der Waals surface area (Å²) in [6, 6.07) is 0.223. The van der Waals surface area contributed by atoms with Gasteiger partial charge < -0.3 is 16.0 Å². The zero-order valence-electron chi connectivity index (χ0n) is 11.3. The Morgan fingerprint density at radius 1 is 1.50 bits per heavy atom. The number of nitrogens with zero attached hydrogens (tertiary/aromatic N) is 1. The lowest BCUT2D eigenvalue weighted by Gasteiger charge is -2.12. The van der Waals surface area contributed by atoms with E-state index in [1.54, 1.807) is 12.5 Å². The zero-order valence-corrected chi connectivity index (χ0v) is 11.3. The summed E-state index contributed by atoms with van der Waals surface area (Å²) in [6.45, 7) is 4.61. The van der Waals surface area contributed by atoms with Gasteiger partial charge in [-0.15, -0.1) is 0 Å². The van der Waals surface area contributed by atoms with E-state index >= 15 is 0 Å². The Kier molecular flexibility index (Phi) is 6.43. The van der Waals surface area contributed by atoms with Crippen molar-refractivity contribution in [3.8, 4) is 0 Å². The van der Waals surface area contributed by atoms with Crippen LogP contribution >= 0.6 is 0 Å². The molecule has 1 amide bonds. The fourth-order valence-electron chi connectivity index (χ4n) is 1.79. The third-order valence-electron chi connectivity index (χ3n) is 2.99. The van der Waals surface area contributed by atoms with E-state index in [-0.39, 0.29) is 17.9 Å². The Bertz CT molecular complexity index is 335. The first-order chi connectivity index (χ1) is 8.59. The summed E-state index contributed by atoms with van der Waals surface area (Å²) < 4.78 is 0. The van der Waals surface area contributed by atoms with Crippen LogP contribution in [0.2, 0.25) is 0 Å². The van der Waals surface area contributed by atoms with Crippen molar-refractivity contribution in [1.29, 1.82) is 0 Å². The highest BCUT2D eigenvalue weighted by Crippen LogP contribution is 2.08. The molecule has 5 heteroatoms. The molecule has 18 heavy (non-hydrogen) atoms. The van der Waals surface area contributed by atoms with Crippen LogP contribution in [0.1, 0.15) is 38.8 Å². The number of hydrogen-bond acceptors (Lipinski definition) is 3. The van der Waals surface area contributed by atoms with E-state index in [1.807, 2.05) is 13.8 Å². The van der Waals surface area contributed by atoms with Crippen molar-refractivity contribution in [3.05, 3.63) is 18.2 Å². The second kappa shape index (κ2) is 7.87. The van der Waals surface area contributed by atoms with E-state index in [0.29, 0.717) is 6.54 Å². The normalized spacial score (nSPS) is 14.2. The van der Waals surface area contributed by atoms with Gasteiger partial charge in [-0.2, -0.15) is 0 Å². The van der Waals surface area contributed by atoms with Crippen LogP contribution in [0.4, 0.5) is 0 Å². The molecule has 5 nitrogen and oxygen atoms in total. The van der Waals surface area contributed by atoms with Crippen LogP contribution < -0.4 is 11.1 Å². The van der Waals surface area contributed by atoms with Gasteiger partial charge in [0, 0.05) is 36.8 Å². The molecular weight excluding hydrogens is 228 g/mol. The van der Waals surface area contributed by atoms with E-state index < -0.39 is 0 Å². The fourth-order valence-corrected chi connectivity index (χ4v) is 1.79. The zero-order chi connectivity index (χ0) is 13.4. The summed E-state index contributed by atoms with van der Waals surface area (Å²) in [5.41, 5.74) is 6.72. The topological polar surface area (TPSA) is 83.8 Å². The lowest BCUT2D eigenvalue weighted by Crippen LogP contribution is -2.31. The standard InChI is InChI=1S/C13H24N4O/c1-10(4-3-5-11(2)14)13(18)16-7-6-12-8-15-9-17-12/h8-11H,3-7,14H2,1-2H3,(H,15,17)(H,16,18). The number of aromatic nitrogens is 2. The monoisotopic (exact) mass is 252 g/mol. The Hall–Kier alpha value is -1.36. The first-order valence-corrected chi connectivity index (χ1v) is 6.60. The molecule has 2 atom stereocenters. The van der Waals surface area contributed by atoms with Gasteiger partial charge in [0.25, 0.3) is 0 Å². The number of carbonyl (C=O) groups excluding carboxylic acids is 1. The molecule has 0 saturated carbocycles. The summed E-state index contributed by atoms with van der Waals surface area (Å²) in [4.78, 5) is 18.7. The summed E-state index contributed by atoms with van der Waals surface area (Å²) in [5.74, 6) is 0.185. The van der Waals surface area contributed by atoms with Crippen LogP contribution in [-0.2, 0) is 11.2 Å². The third kappa shape index (κ3) is 5.82. The van der Waals surface area contributed by atoms with Gasteiger partial charge >= 0.3 is 0 Å². The lowest BCUT2D eigenvalue weighted by atomic mass is 10.0. The van der Waals surface area contributed by atoms with Crippen LogP contribution in [0.3, 0.4) is 0 Å². The maximum atomic E-state index is 11.8. The maximum absolute atomic E-state index is 11.8. The van der Waals surface area contributed by atoms with Crippen molar-refractivity contribution >= 4 is 5.91 Å². The quantitative estimate of drug-likeness (QED) is 0.650. The fraction of sp³-hybridized carbons (Fsp3) is 0.692. The minimum Gasteiger partial charge on any atom is -0.355 e. The number of H-pyrrole nitrogens is 1. The minimum atomic E-state index is 0.0607. The van der Waals surface area contributed by atoms with Crippen molar-refractivity contribution in [2.45, 2.75) is 45.6 Å². The Morgan fingerprint density at radius 3 is 2.89 bits per heavy atom. The lowest BCUT2D eigenvalue weighted by molar-refractivity contribution is -0.124. The van der Waals surface area contributed by atoms with Gasteiger partial charge in [0.1, 0.15) is 0 Å². The molecule has 0 fully saturated rings. The molecule has 2 unspecified atom stereocenters. The number of nitrogens with one attached hydrogen (secondary N) is 2. The van der Waals surface area contributed by atoms with E-state index in [2.05, 4.69) is 15.3 Å². The van der Waals surface area contributed by atoms with Crippen LogP contribution in [-0.4, -0.2) is 28.5 Å². The molecule has 0 aliphatic heterocycles. The molecule has 0 aromatic carbocycles. The SMILES string of the molecule is CC(N)CCCC(C)C(=O)NCCc1cnc[nH]1. The predicted molar refractivity (Wildman–Crippen MR) is 72.0 cm³/mol. The van der Waals surface area contributed by atoms with Crippen molar-refractivity contribution in [2.75, 3.05) is 6.54 Å². The van der Waals surface area contributed by atoms with Gasteiger partial charge in [-0.1, -0.05) is 13.3 Å². The predicted octanol–water partition coefficient (Wildman–Crippen LogP) is 1.22. The smallest absolute Gasteiger partial charge is 0.222 e. The van der Waals surface area contributed by atoms with Crippen LogP contribution in [0.5, 0.6) is 0 Å². The Balaban J connectivity index is 2.11. The molecule has 0 bridgehead atoms. The largest absolute Gasteiger partial charge is 0.355 e.